The van der Waals surface area contributed by atoms with Gasteiger partial charge in [0.2, 0.25) is 0 Å². The second-order valence-corrected chi connectivity index (χ2v) is 4.15. The molecule has 4 heteroatoms. The molecule has 0 unspecified atom stereocenters. The molecule has 0 amide bonds. The van der Waals surface area contributed by atoms with E-state index in [0.29, 0.717) is 15.9 Å². The summed E-state index contributed by atoms with van der Waals surface area (Å²) in [5.74, 6) is 0. The van der Waals surface area contributed by atoms with Crippen molar-refractivity contribution in [2.75, 3.05) is 0 Å². The fraction of sp³-hybridized carbons (Fsp3) is 0.273. The molecule has 78 valence electrons. The average molecular weight is 223 g/mol. The van der Waals surface area contributed by atoms with Crippen molar-refractivity contribution in [2.45, 2.75) is 19.9 Å². The summed E-state index contributed by atoms with van der Waals surface area (Å²) in [6, 6.07) is 5.23. The van der Waals surface area contributed by atoms with Gasteiger partial charge in [-0.3, -0.25) is 9.36 Å². The van der Waals surface area contributed by atoms with Gasteiger partial charge in [0.25, 0.3) is 5.56 Å². The van der Waals surface area contributed by atoms with Crippen LogP contribution in [0.25, 0.3) is 10.9 Å². The van der Waals surface area contributed by atoms with Gasteiger partial charge in [-0.1, -0.05) is 11.6 Å². The first-order chi connectivity index (χ1) is 7.09. The number of hydrogen-bond acceptors (Lipinski definition) is 2. The summed E-state index contributed by atoms with van der Waals surface area (Å²) in [4.78, 5) is 16.2. The maximum Gasteiger partial charge on any atom is 0.261 e. The molecule has 0 fully saturated rings. The van der Waals surface area contributed by atoms with E-state index < -0.39 is 0 Å². The Morgan fingerprint density at radius 2 is 2.13 bits per heavy atom. The van der Waals surface area contributed by atoms with Gasteiger partial charge in [0, 0.05) is 11.1 Å². The van der Waals surface area contributed by atoms with Crippen molar-refractivity contribution in [3.63, 3.8) is 0 Å². The third kappa shape index (κ3) is 1.75. The molecule has 1 heterocycles. The first-order valence-corrected chi connectivity index (χ1v) is 5.14. The maximum atomic E-state index is 12.0. The summed E-state index contributed by atoms with van der Waals surface area (Å²) >= 11 is 5.82. The molecule has 1 aromatic heterocycles. The minimum absolute atomic E-state index is 0.0216. The lowest BCUT2D eigenvalue weighted by molar-refractivity contribution is 0.573. The average Bonchev–Trinajstić information content (AvgIpc) is 2.17. The molecule has 0 radical (unpaired) electrons. The summed E-state index contributed by atoms with van der Waals surface area (Å²) in [7, 11) is 0. The van der Waals surface area contributed by atoms with Gasteiger partial charge in [-0.15, -0.1) is 0 Å². The van der Waals surface area contributed by atoms with E-state index in [2.05, 4.69) is 4.98 Å². The number of benzene rings is 1. The number of halogens is 1. The molecule has 0 bridgehead atoms. The summed E-state index contributed by atoms with van der Waals surface area (Å²) in [6.07, 6.45) is 1.56. The van der Waals surface area contributed by atoms with Crippen LogP contribution in [0.5, 0.6) is 0 Å². The highest BCUT2D eigenvalue weighted by Crippen LogP contribution is 2.14. The van der Waals surface area contributed by atoms with Crippen LogP contribution >= 0.6 is 11.6 Å². The van der Waals surface area contributed by atoms with Gasteiger partial charge >= 0.3 is 0 Å². The molecule has 0 aliphatic heterocycles. The Hall–Kier alpha value is -1.35. The maximum absolute atomic E-state index is 12.0. The molecule has 2 aromatic rings. The molecule has 0 aliphatic rings. The van der Waals surface area contributed by atoms with Crippen molar-refractivity contribution < 1.29 is 0 Å². The third-order valence-corrected chi connectivity index (χ3v) is 2.54. The fourth-order valence-electron chi connectivity index (χ4n) is 1.48. The first-order valence-electron chi connectivity index (χ1n) is 4.76. The third-order valence-electron chi connectivity index (χ3n) is 2.30. The molecule has 0 aliphatic carbocycles. The number of nitrogens with zero attached hydrogens (tertiary/aromatic N) is 2. The molecule has 0 N–H and O–H groups in total. The molecule has 1 aromatic carbocycles. The van der Waals surface area contributed by atoms with Crippen LogP contribution in [0, 0.1) is 0 Å². The van der Waals surface area contributed by atoms with Crippen molar-refractivity contribution in [3.8, 4) is 0 Å². The van der Waals surface area contributed by atoms with E-state index >= 15 is 0 Å². The number of fused-ring (bicyclic) bond motifs is 1. The second-order valence-electron chi connectivity index (χ2n) is 3.71. The molecule has 0 saturated heterocycles. The van der Waals surface area contributed by atoms with Crippen LogP contribution in [-0.2, 0) is 0 Å². The molecular weight excluding hydrogens is 212 g/mol. The van der Waals surface area contributed by atoms with Gasteiger partial charge in [-0.05, 0) is 32.0 Å². The summed E-state index contributed by atoms with van der Waals surface area (Å²) in [5.41, 5.74) is 0.621. The standard InChI is InChI=1S/C11H11ClN2O/c1-7(2)14-6-13-10-5-8(12)3-4-9(10)11(14)15/h3-7H,1-2H3. The normalized spacial score (nSPS) is 11.2. The summed E-state index contributed by atoms with van der Waals surface area (Å²) in [6.45, 7) is 3.90. The Labute approximate surface area is 92.3 Å². The SMILES string of the molecule is CC(C)n1cnc2cc(Cl)ccc2c1=O. The lowest BCUT2D eigenvalue weighted by atomic mass is 10.2. The first kappa shape index (κ1) is 10.2. The fourth-order valence-corrected chi connectivity index (χ4v) is 1.64. The molecular formula is C11H11ClN2O. The zero-order valence-electron chi connectivity index (χ0n) is 8.57. The number of rotatable bonds is 1. The highest BCUT2D eigenvalue weighted by molar-refractivity contribution is 6.31. The van der Waals surface area contributed by atoms with Gasteiger partial charge in [0.05, 0.1) is 17.2 Å². The van der Waals surface area contributed by atoms with E-state index in [9.17, 15) is 4.79 Å². The van der Waals surface area contributed by atoms with E-state index in [4.69, 9.17) is 11.6 Å². The number of aromatic nitrogens is 2. The largest absolute Gasteiger partial charge is 0.296 e. The Morgan fingerprint density at radius 3 is 2.80 bits per heavy atom. The Bertz CT molecular complexity index is 560. The highest BCUT2D eigenvalue weighted by Gasteiger charge is 2.06. The predicted octanol–water partition coefficient (Wildman–Crippen LogP) is 2.63. The van der Waals surface area contributed by atoms with Gasteiger partial charge in [0.15, 0.2) is 0 Å². The topological polar surface area (TPSA) is 34.9 Å². The summed E-state index contributed by atoms with van der Waals surface area (Å²) < 4.78 is 1.61. The van der Waals surface area contributed by atoms with Crippen LogP contribution in [0.15, 0.2) is 29.3 Å². The molecule has 2 rings (SSSR count). The minimum atomic E-state index is -0.0216. The highest BCUT2D eigenvalue weighted by atomic mass is 35.5. The lowest BCUT2D eigenvalue weighted by Gasteiger charge is -2.09. The van der Waals surface area contributed by atoms with Crippen LogP contribution < -0.4 is 5.56 Å². The Kier molecular flexibility index (Phi) is 2.49. The van der Waals surface area contributed by atoms with E-state index in [1.54, 1.807) is 29.1 Å². The van der Waals surface area contributed by atoms with Crippen molar-refractivity contribution in [2.24, 2.45) is 0 Å². The molecule has 15 heavy (non-hydrogen) atoms. The molecule has 0 saturated carbocycles. The zero-order chi connectivity index (χ0) is 11.0. The van der Waals surface area contributed by atoms with Gasteiger partial charge in [-0.2, -0.15) is 0 Å². The quantitative estimate of drug-likeness (QED) is 0.744. The number of hydrogen-bond donors (Lipinski definition) is 0. The zero-order valence-corrected chi connectivity index (χ0v) is 9.32. The van der Waals surface area contributed by atoms with Gasteiger partial charge in [0.1, 0.15) is 0 Å². The van der Waals surface area contributed by atoms with Crippen molar-refractivity contribution in [1.29, 1.82) is 0 Å². The Morgan fingerprint density at radius 1 is 1.40 bits per heavy atom. The van der Waals surface area contributed by atoms with Crippen LogP contribution in [0.1, 0.15) is 19.9 Å². The van der Waals surface area contributed by atoms with E-state index in [0.717, 1.165) is 0 Å². The van der Waals surface area contributed by atoms with Gasteiger partial charge in [-0.25, -0.2) is 4.98 Å². The molecule has 0 atom stereocenters. The minimum Gasteiger partial charge on any atom is -0.296 e. The van der Waals surface area contributed by atoms with Crippen molar-refractivity contribution in [1.82, 2.24) is 9.55 Å². The van der Waals surface area contributed by atoms with Crippen molar-refractivity contribution in [3.05, 3.63) is 39.9 Å². The van der Waals surface area contributed by atoms with Crippen molar-refractivity contribution >= 4 is 22.5 Å². The lowest BCUT2D eigenvalue weighted by Crippen LogP contribution is -2.22. The molecule has 0 spiro atoms. The molecule has 3 nitrogen and oxygen atoms in total. The monoisotopic (exact) mass is 222 g/mol. The predicted molar refractivity (Wildman–Crippen MR) is 61.4 cm³/mol. The van der Waals surface area contributed by atoms with Crippen LogP contribution in [-0.4, -0.2) is 9.55 Å². The van der Waals surface area contributed by atoms with E-state index in [1.807, 2.05) is 13.8 Å². The van der Waals surface area contributed by atoms with E-state index in [-0.39, 0.29) is 11.6 Å². The van der Waals surface area contributed by atoms with Crippen LogP contribution in [0.2, 0.25) is 5.02 Å². The van der Waals surface area contributed by atoms with Crippen LogP contribution in [0.4, 0.5) is 0 Å². The smallest absolute Gasteiger partial charge is 0.261 e. The Balaban J connectivity index is 2.80. The van der Waals surface area contributed by atoms with E-state index in [1.165, 1.54) is 0 Å². The van der Waals surface area contributed by atoms with Crippen LogP contribution in [0.3, 0.4) is 0 Å². The second kappa shape index (κ2) is 3.66. The van der Waals surface area contributed by atoms with Gasteiger partial charge < -0.3 is 0 Å². The summed E-state index contributed by atoms with van der Waals surface area (Å²) in [5, 5.41) is 1.20.